The van der Waals surface area contributed by atoms with Crippen LogP contribution in [-0.2, 0) is 0 Å². The van der Waals surface area contributed by atoms with Crippen molar-refractivity contribution in [1.82, 2.24) is 0 Å². The second-order valence-electron chi connectivity index (χ2n) is 2.08. The summed E-state index contributed by atoms with van der Waals surface area (Å²) in [7, 11) is 0. The number of hydrogen-bond acceptors (Lipinski definition) is 2. The van der Waals surface area contributed by atoms with Crippen LogP contribution in [0.4, 0.5) is 4.39 Å². The molecule has 0 aliphatic heterocycles. The standard InChI is InChI=1S/C7H6BrFOS/c1-4(9)7(10)5-2-3-6(8)11-5/h2-4H,1H3. The second kappa shape index (κ2) is 3.45. The van der Waals surface area contributed by atoms with Crippen molar-refractivity contribution >= 4 is 33.0 Å². The van der Waals surface area contributed by atoms with E-state index < -0.39 is 12.0 Å². The van der Waals surface area contributed by atoms with Crippen LogP contribution in [0.15, 0.2) is 15.9 Å². The average Bonchev–Trinajstić information content (AvgIpc) is 2.34. The van der Waals surface area contributed by atoms with Gasteiger partial charge in [0.15, 0.2) is 6.17 Å². The zero-order valence-corrected chi connectivity index (χ0v) is 8.21. The highest BCUT2D eigenvalue weighted by Gasteiger charge is 2.15. The minimum absolute atomic E-state index is 0.444. The maximum Gasteiger partial charge on any atom is 0.206 e. The first-order valence-electron chi connectivity index (χ1n) is 3.05. The number of halogens is 2. The van der Waals surface area contributed by atoms with Crippen LogP contribution in [0.2, 0.25) is 0 Å². The third kappa shape index (κ3) is 2.10. The van der Waals surface area contributed by atoms with Crippen molar-refractivity contribution in [3.63, 3.8) is 0 Å². The number of thiophene rings is 1. The van der Waals surface area contributed by atoms with Gasteiger partial charge in [0, 0.05) is 0 Å². The van der Waals surface area contributed by atoms with Gasteiger partial charge >= 0.3 is 0 Å². The third-order valence-electron chi connectivity index (χ3n) is 1.18. The van der Waals surface area contributed by atoms with E-state index in [0.717, 1.165) is 3.79 Å². The van der Waals surface area contributed by atoms with E-state index in [9.17, 15) is 9.18 Å². The van der Waals surface area contributed by atoms with Gasteiger partial charge in [-0.25, -0.2) is 4.39 Å². The zero-order valence-electron chi connectivity index (χ0n) is 5.80. The largest absolute Gasteiger partial charge is 0.290 e. The number of carbonyl (C=O) groups is 1. The Kier molecular flexibility index (Phi) is 2.78. The van der Waals surface area contributed by atoms with Crippen molar-refractivity contribution in [2.45, 2.75) is 13.1 Å². The number of carbonyl (C=O) groups excluding carboxylic acids is 1. The molecule has 60 valence electrons. The molecule has 1 rings (SSSR count). The van der Waals surface area contributed by atoms with Crippen LogP contribution in [0.3, 0.4) is 0 Å². The van der Waals surface area contributed by atoms with E-state index >= 15 is 0 Å². The lowest BCUT2D eigenvalue weighted by molar-refractivity contribution is 0.0897. The molecule has 0 aliphatic carbocycles. The molecule has 0 amide bonds. The SMILES string of the molecule is CC(F)C(=O)c1ccc(Br)s1. The molecule has 0 radical (unpaired) electrons. The van der Waals surface area contributed by atoms with E-state index in [2.05, 4.69) is 15.9 Å². The number of ketones is 1. The first-order valence-corrected chi connectivity index (χ1v) is 4.66. The highest BCUT2D eigenvalue weighted by molar-refractivity contribution is 9.11. The quantitative estimate of drug-likeness (QED) is 0.722. The number of rotatable bonds is 2. The zero-order chi connectivity index (χ0) is 8.43. The highest BCUT2D eigenvalue weighted by Crippen LogP contribution is 2.23. The summed E-state index contributed by atoms with van der Waals surface area (Å²) in [6.07, 6.45) is -1.40. The Bertz CT molecular complexity index is 269. The topological polar surface area (TPSA) is 17.1 Å². The van der Waals surface area contributed by atoms with Crippen LogP contribution in [0.1, 0.15) is 16.6 Å². The molecule has 0 spiro atoms. The Morgan fingerprint density at radius 3 is 2.73 bits per heavy atom. The van der Waals surface area contributed by atoms with Gasteiger partial charge in [0.1, 0.15) is 0 Å². The Morgan fingerprint density at radius 1 is 1.73 bits per heavy atom. The average molecular weight is 237 g/mol. The molecule has 0 saturated heterocycles. The van der Waals surface area contributed by atoms with Crippen LogP contribution in [-0.4, -0.2) is 12.0 Å². The van der Waals surface area contributed by atoms with Crippen LogP contribution in [0.5, 0.6) is 0 Å². The van der Waals surface area contributed by atoms with Crippen LogP contribution < -0.4 is 0 Å². The van der Waals surface area contributed by atoms with Gasteiger partial charge in [-0.15, -0.1) is 11.3 Å². The number of hydrogen-bond donors (Lipinski definition) is 0. The molecule has 0 aromatic carbocycles. The number of alkyl halides is 1. The molecule has 0 N–H and O–H groups in total. The molecule has 11 heavy (non-hydrogen) atoms. The van der Waals surface area contributed by atoms with Crippen molar-refractivity contribution in [1.29, 1.82) is 0 Å². The minimum Gasteiger partial charge on any atom is -0.290 e. The monoisotopic (exact) mass is 236 g/mol. The Balaban J connectivity index is 2.85. The Morgan fingerprint density at radius 2 is 2.36 bits per heavy atom. The molecule has 1 unspecified atom stereocenters. The summed E-state index contributed by atoms with van der Waals surface area (Å²) in [6, 6.07) is 3.35. The van der Waals surface area contributed by atoms with Gasteiger partial charge < -0.3 is 0 Å². The molecule has 0 aliphatic rings. The van der Waals surface area contributed by atoms with E-state index in [1.165, 1.54) is 18.3 Å². The summed E-state index contributed by atoms with van der Waals surface area (Å²) < 4.78 is 13.3. The summed E-state index contributed by atoms with van der Waals surface area (Å²) in [5, 5.41) is 0. The normalized spacial score (nSPS) is 13.0. The van der Waals surface area contributed by atoms with E-state index in [0.29, 0.717) is 4.88 Å². The van der Waals surface area contributed by atoms with E-state index in [-0.39, 0.29) is 0 Å². The molecule has 4 heteroatoms. The lowest BCUT2D eigenvalue weighted by Gasteiger charge is -1.94. The van der Waals surface area contributed by atoms with Crippen LogP contribution >= 0.6 is 27.3 Å². The van der Waals surface area contributed by atoms with Gasteiger partial charge in [0.05, 0.1) is 8.66 Å². The minimum atomic E-state index is -1.40. The molecule has 0 saturated carbocycles. The van der Waals surface area contributed by atoms with Gasteiger partial charge in [0.25, 0.3) is 0 Å². The first-order chi connectivity index (χ1) is 5.11. The van der Waals surface area contributed by atoms with Gasteiger partial charge in [-0.2, -0.15) is 0 Å². The highest BCUT2D eigenvalue weighted by atomic mass is 79.9. The van der Waals surface area contributed by atoms with E-state index in [1.54, 1.807) is 12.1 Å². The summed E-state index contributed by atoms with van der Waals surface area (Å²) >= 11 is 4.44. The summed E-state index contributed by atoms with van der Waals surface area (Å²) in [6.45, 7) is 1.25. The van der Waals surface area contributed by atoms with Crippen molar-refractivity contribution in [3.05, 3.63) is 20.8 Å². The van der Waals surface area contributed by atoms with Gasteiger partial charge in [-0.3, -0.25) is 4.79 Å². The molecule has 0 fully saturated rings. The maximum absolute atomic E-state index is 12.4. The fraction of sp³-hybridized carbons (Fsp3) is 0.286. The smallest absolute Gasteiger partial charge is 0.206 e. The molecule has 1 aromatic heterocycles. The fourth-order valence-corrected chi connectivity index (χ4v) is 2.04. The maximum atomic E-state index is 12.4. The molecule has 1 aromatic rings. The van der Waals surface area contributed by atoms with Crippen LogP contribution in [0, 0.1) is 0 Å². The lowest BCUT2D eigenvalue weighted by atomic mass is 10.2. The van der Waals surface area contributed by atoms with E-state index in [4.69, 9.17) is 0 Å². The third-order valence-corrected chi connectivity index (χ3v) is 2.82. The Labute approximate surface area is 76.4 Å². The lowest BCUT2D eigenvalue weighted by Crippen LogP contribution is -2.09. The van der Waals surface area contributed by atoms with Gasteiger partial charge in [0.2, 0.25) is 5.78 Å². The van der Waals surface area contributed by atoms with E-state index in [1.807, 2.05) is 0 Å². The molecule has 0 bridgehead atoms. The fourth-order valence-electron chi connectivity index (χ4n) is 0.643. The second-order valence-corrected chi connectivity index (χ2v) is 4.55. The summed E-state index contributed by atoms with van der Waals surface area (Å²) in [5.41, 5.74) is 0. The molecular weight excluding hydrogens is 231 g/mol. The Hall–Kier alpha value is -0.220. The number of Topliss-reactive ketones (excluding diaryl/α,β-unsaturated/α-hetero) is 1. The van der Waals surface area contributed by atoms with Crippen LogP contribution in [0.25, 0.3) is 0 Å². The van der Waals surface area contributed by atoms with Crippen molar-refractivity contribution < 1.29 is 9.18 Å². The molecule has 1 atom stereocenters. The molecular formula is C7H6BrFOS. The van der Waals surface area contributed by atoms with Gasteiger partial charge in [-0.05, 0) is 35.0 Å². The van der Waals surface area contributed by atoms with Crippen molar-refractivity contribution in [3.8, 4) is 0 Å². The van der Waals surface area contributed by atoms with Crippen molar-refractivity contribution in [2.75, 3.05) is 0 Å². The van der Waals surface area contributed by atoms with Crippen molar-refractivity contribution in [2.24, 2.45) is 0 Å². The molecule has 1 nitrogen and oxygen atoms in total. The summed E-state index contributed by atoms with van der Waals surface area (Å²) in [5.74, 6) is -0.444. The summed E-state index contributed by atoms with van der Waals surface area (Å²) in [4.78, 5) is 11.4. The predicted molar refractivity (Wildman–Crippen MR) is 46.9 cm³/mol. The molecule has 1 heterocycles. The first kappa shape index (κ1) is 8.87. The predicted octanol–water partition coefficient (Wildman–Crippen LogP) is 3.05. The van der Waals surface area contributed by atoms with Gasteiger partial charge in [-0.1, -0.05) is 0 Å².